The minimum absolute atomic E-state index is 0.231. The monoisotopic (exact) mass is 728 g/mol. The van der Waals surface area contributed by atoms with Crippen LogP contribution in [0.15, 0.2) is 25.7 Å². The van der Waals surface area contributed by atoms with Crippen LogP contribution in [0.5, 0.6) is 0 Å². The molecule has 0 bridgehead atoms. The third-order valence-corrected chi connectivity index (χ3v) is 7.44. The molecule has 51 heavy (non-hydrogen) atoms. The lowest BCUT2D eigenvalue weighted by molar-refractivity contribution is -0.156. The summed E-state index contributed by atoms with van der Waals surface area (Å²) in [5, 5.41) is 11.2. The molecule has 2 atom stereocenters. The molecule has 0 spiro atoms. The molecular weight excluding hydrogens is 660 g/mol. The van der Waals surface area contributed by atoms with E-state index < -0.39 is 18.3 Å². The minimum Gasteiger partial charge on any atom is -0.502 e. The third-order valence-electron chi connectivity index (χ3n) is 7.44. The number of nitriles is 1. The number of hydrogen-bond acceptors (Lipinski definition) is 12. The molecule has 0 radical (unpaired) electrons. The molecule has 0 aromatic carbocycles. The number of unbranched alkanes of at least 4 members (excludes halogenated alkanes) is 10. The van der Waals surface area contributed by atoms with Gasteiger partial charge in [-0.25, -0.2) is 4.79 Å². The average molecular weight is 729 g/mol. The van der Waals surface area contributed by atoms with Crippen LogP contribution in [0.1, 0.15) is 110 Å². The van der Waals surface area contributed by atoms with Crippen LogP contribution in [0.3, 0.4) is 0 Å². The molecule has 0 aromatic heterocycles. The van der Waals surface area contributed by atoms with Crippen molar-refractivity contribution in [2.45, 2.75) is 122 Å². The Labute approximate surface area is 307 Å². The van der Waals surface area contributed by atoms with Crippen LogP contribution in [0, 0.1) is 11.5 Å². The topological polar surface area (TPSA) is 153 Å². The number of nitrogens with zero attached hydrogens (tertiary/aromatic N) is 1. The van der Waals surface area contributed by atoms with Crippen LogP contribution in [-0.4, -0.2) is 103 Å². The summed E-state index contributed by atoms with van der Waals surface area (Å²) in [6, 6.07) is 0. The number of amides is 1. The molecule has 13 nitrogen and oxygen atoms in total. The maximum atomic E-state index is 12.5. The SMILES string of the molecule is C=COCCCCOCC(COCCCCOCC(COCCCCOC=C)OC(=O)NCCCCCC)OC(=O)CCCCCCCOC#N. The molecule has 0 saturated heterocycles. The number of ether oxygens (including phenoxy) is 9. The van der Waals surface area contributed by atoms with Gasteiger partial charge in [-0.3, -0.25) is 4.79 Å². The lowest BCUT2D eigenvalue weighted by Crippen LogP contribution is -2.34. The van der Waals surface area contributed by atoms with E-state index in [1.54, 1.807) is 6.26 Å². The van der Waals surface area contributed by atoms with Gasteiger partial charge in [0.2, 0.25) is 0 Å². The maximum Gasteiger partial charge on any atom is 0.407 e. The van der Waals surface area contributed by atoms with Gasteiger partial charge in [0.25, 0.3) is 6.26 Å². The Morgan fingerprint density at radius 2 is 1.06 bits per heavy atom. The number of carbonyl (C=O) groups is 2. The largest absolute Gasteiger partial charge is 0.502 e. The number of hydrogen-bond donors (Lipinski definition) is 1. The highest BCUT2D eigenvalue weighted by Gasteiger charge is 2.17. The molecule has 296 valence electrons. The van der Waals surface area contributed by atoms with E-state index in [0.29, 0.717) is 59.2 Å². The second-order valence-corrected chi connectivity index (χ2v) is 12.1. The Hall–Kier alpha value is -3.05. The van der Waals surface area contributed by atoms with Gasteiger partial charge in [-0.15, -0.1) is 0 Å². The Kier molecular flexibility index (Phi) is 37.4. The van der Waals surface area contributed by atoms with Crippen molar-refractivity contribution in [3.8, 4) is 6.26 Å². The standard InChI is InChI=1S/C38H68N2O11/c1-4-7-8-13-22-40-38(42)51-36(32-47-26-18-16-24-44-6-3)33-48-28-20-19-27-46-31-35(30-45-25-17-15-23-43-5-2)50-37(41)21-12-10-9-11-14-29-49-34-39/h5-6,35-36H,2-4,7-33H2,1H3,(H,40,42). The van der Waals surface area contributed by atoms with E-state index in [9.17, 15) is 9.59 Å². The number of rotatable bonds is 40. The molecule has 0 aliphatic rings. The van der Waals surface area contributed by atoms with Crippen molar-refractivity contribution in [1.82, 2.24) is 5.32 Å². The second-order valence-electron chi connectivity index (χ2n) is 12.1. The van der Waals surface area contributed by atoms with Crippen molar-refractivity contribution >= 4 is 12.1 Å². The van der Waals surface area contributed by atoms with Crippen molar-refractivity contribution in [3.05, 3.63) is 25.7 Å². The molecule has 13 heteroatoms. The molecule has 0 fully saturated rings. The highest BCUT2D eigenvalue weighted by atomic mass is 16.6. The lowest BCUT2D eigenvalue weighted by Gasteiger charge is -2.19. The summed E-state index contributed by atoms with van der Waals surface area (Å²) in [4.78, 5) is 24.8. The molecule has 2 unspecified atom stereocenters. The summed E-state index contributed by atoms with van der Waals surface area (Å²) in [5.74, 6) is -0.263. The first-order valence-electron chi connectivity index (χ1n) is 19.0. The van der Waals surface area contributed by atoms with Crippen molar-refractivity contribution in [1.29, 1.82) is 5.26 Å². The van der Waals surface area contributed by atoms with Crippen molar-refractivity contribution in [2.75, 3.05) is 79.2 Å². The van der Waals surface area contributed by atoms with Crippen LogP contribution in [0.25, 0.3) is 0 Å². The molecular formula is C38H68N2O11. The smallest absolute Gasteiger partial charge is 0.407 e. The summed E-state index contributed by atoms with van der Waals surface area (Å²) >= 11 is 0. The van der Waals surface area contributed by atoms with E-state index in [2.05, 4.69) is 30.1 Å². The van der Waals surface area contributed by atoms with Gasteiger partial charge in [-0.1, -0.05) is 58.6 Å². The van der Waals surface area contributed by atoms with Crippen LogP contribution in [-0.2, 0) is 47.4 Å². The molecule has 0 aromatic rings. The van der Waals surface area contributed by atoms with Crippen LogP contribution in [0.4, 0.5) is 4.79 Å². The van der Waals surface area contributed by atoms with Crippen LogP contribution in [0.2, 0.25) is 0 Å². The van der Waals surface area contributed by atoms with Gasteiger partial charge in [0, 0.05) is 39.4 Å². The molecule has 1 amide bonds. The fourth-order valence-electron chi connectivity index (χ4n) is 4.65. The number of alkyl carbamates (subject to hydrolysis) is 1. The number of carbonyl (C=O) groups excluding carboxylic acids is 2. The first-order chi connectivity index (χ1) is 25.1. The molecule has 0 saturated carbocycles. The predicted molar refractivity (Wildman–Crippen MR) is 195 cm³/mol. The first kappa shape index (κ1) is 48.0. The maximum absolute atomic E-state index is 12.5. The van der Waals surface area contributed by atoms with Gasteiger partial charge in [-0.2, -0.15) is 5.26 Å². The van der Waals surface area contributed by atoms with Gasteiger partial charge in [0.05, 0.1) is 52.2 Å². The molecule has 0 heterocycles. The summed E-state index contributed by atoms with van der Waals surface area (Å²) in [7, 11) is 0. The molecule has 0 aliphatic heterocycles. The van der Waals surface area contributed by atoms with E-state index in [4.69, 9.17) is 43.2 Å². The molecule has 0 aliphatic carbocycles. The van der Waals surface area contributed by atoms with Gasteiger partial charge < -0.3 is 47.9 Å². The van der Waals surface area contributed by atoms with E-state index >= 15 is 0 Å². The van der Waals surface area contributed by atoms with Crippen molar-refractivity contribution in [2.24, 2.45) is 0 Å². The fraction of sp³-hybridized carbons (Fsp3) is 0.816. The molecule has 0 rings (SSSR count). The van der Waals surface area contributed by atoms with Crippen molar-refractivity contribution in [3.63, 3.8) is 0 Å². The Balaban J connectivity index is 4.47. The Morgan fingerprint density at radius 1 is 0.608 bits per heavy atom. The van der Waals surface area contributed by atoms with E-state index in [-0.39, 0.29) is 32.4 Å². The Morgan fingerprint density at radius 3 is 1.57 bits per heavy atom. The highest BCUT2D eigenvalue weighted by molar-refractivity contribution is 5.69. The zero-order valence-corrected chi connectivity index (χ0v) is 31.5. The number of nitrogens with one attached hydrogen (secondary N) is 1. The van der Waals surface area contributed by atoms with E-state index in [0.717, 1.165) is 96.3 Å². The highest BCUT2D eigenvalue weighted by Crippen LogP contribution is 2.09. The van der Waals surface area contributed by atoms with Crippen LogP contribution < -0.4 is 5.32 Å². The third kappa shape index (κ3) is 36.5. The minimum atomic E-state index is -0.518. The summed E-state index contributed by atoms with van der Waals surface area (Å²) < 4.78 is 49.4. The summed E-state index contributed by atoms with van der Waals surface area (Å²) in [5.41, 5.74) is 0. The van der Waals surface area contributed by atoms with E-state index in [1.165, 1.54) is 12.5 Å². The summed E-state index contributed by atoms with van der Waals surface area (Å²) in [6.45, 7) is 14.4. The quantitative estimate of drug-likeness (QED) is 0.0295. The normalized spacial score (nSPS) is 11.9. The van der Waals surface area contributed by atoms with Crippen LogP contribution >= 0.6 is 0 Å². The van der Waals surface area contributed by atoms with Gasteiger partial charge in [-0.05, 0) is 57.8 Å². The van der Waals surface area contributed by atoms with Gasteiger partial charge in [0.15, 0.2) is 6.10 Å². The van der Waals surface area contributed by atoms with Gasteiger partial charge in [0.1, 0.15) is 12.7 Å². The lowest BCUT2D eigenvalue weighted by atomic mass is 10.1. The van der Waals surface area contributed by atoms with Gasteiger partial charge >= 0.3 is 12.1 Å². The van der Waals surface area contributed by atoms with E-state index in [1.807, 2.05) is 0 Å². The average Bonchev–Trinajstić information content (AvgIpc) is 3.12. The fourth-order valence-corrected chi connectivity index (χ4v) is 4.65. The Bertz CT molecular complexity index is 856. The predicted octanol–water partition coefficient (Wildman–Crippen LogP) is 7.14. The summed E-state index contributed by atoms with van der Waals surface area (Å²) in [6.07, 6.45) is 16.9. The zero-order valence-electron chi connectivity index (χ0n) is 31.5. The number of esters is 1. The molecule has 1 N–H and O–H groups in total. The zero-order chi connectivity index (χ0) is 37.3. The second kappa shape index (κ2) is 39.7. The van der Waals surface area contributed by atoms with Crippen molar-refractivity contribution < 1.29 is 52.2 Å². The first-order valence-corrected chi connectivity index (χ1v) is 19.0.